The van der Waals surface area contributed by atoms with Gasteiger partial charge < -0.3 is 9.80 Å². The lowest BCUT2D eigenvalue weighted by Gasteiger charge is -2.34. The first-order valence-corrected chi connectivity index (χ1v) is 9.15. The van der Waals surface area contributed by atoms with Crippen LogP contribution in [0.2, 0.25) is 0 Å². The summed E-state index contributed by atoms with van der Waals surface area (Å²) >= 11 is 0. The second-order valence-electron chi connectivity index (χ2n) is 5.45. The maximum atomic E-state index is 12.4. The fourth-order valence-corrected chi connectivity index (χ4v) is 3.27. The zero-order valence-electron chi connectivity index (χ0n) is 13.3. The van der Waals surface area contributed by atoms with Crippen LogP contribution in [0, 0.1) is 11.3 Å². The SMILES string of the molecule is CS(=O)(=O)N(CC(=O)N1CCN(C=O)CC1)c1cccc(C#N)c1. The summed E-state index contributed by atoms with van der Waals surface area (Å²) < 4.78 is 25.1. The van der Waals surface area contributed by atoms with Gasteiger partial charge in [-0.2, -0.15) is 5.26 Å². The van der Waals surface area contributed by atoms with E-state index < -0.39 is 10.0 Å². The fraction of sp³-hybridized carbons (Fsp3) is 0.400. The number of nitrogens with zero attached hydrogens (tertiary/aromatic N) is 4. The number of hydrogen-bond donors (Lipinski definition) is 0. The molecule has 1 heterocycles. The minimum atomic E-state index is -3.68. The van der Waals surface area contributed by atoms with E-state index in [2.05, 4.69) is 0 Å². The first kappa shape index (κ1) is 17.7. The van der Waals surface area contributed by atoms with Gasteiger partial charge in [-0.1, -0.05) is 6.07 Å². The van der Waals surface area contributed by atoms with Crippen LogP contribution in [0.4, 0.5) is 5.69 Å². The molecule has 0 radical (unpaired) electrons. The molecule has 0 aromatic heterocycles. The van der Waals surface area contributed by atoms with E-state index in [-0.39, 0.29) is 18.1 Å². The quantitative estimate of drug-likeness (QED) is 0.674. The summed E-state index contributed by atoms with van der Waals surface area (Å²) in [4.78, 5) is 26.2. The number of carbonyl (C=O) groups is 2. The Hall–Kier alpha value is -2.60. The first-order chi connectivity index (χ1) is 11.3. The number of anilines is 1. The van der Waals surface area contributed by atoms with E-state index in [9.17, 15) is 18.0 Å². The normalized spacial score (nSPS) is 14.8. The van der Waals surface area contributed by atoms with Gasteiger partial charge in [0.2, 0.25) is 22.3 Å². The van der Waals surface area contributed by atoms with Crippen molar-refractivity contribution in [3.05, 3.63) is 29.8 Å². The van der Waals surface area contributed by atoms with Crippen LogP contribution in [0.3, 0.4) is 0 Å². The highest BCUT2D eigenvalue weighted by molar-refractivity contribution is 7.92. The second kappa shape index (κ2) is 7.31. The number of rotatable bonds is 5. The first-order valence-electron chi connectivity index (χ1n) is 7.30. The number of benzene rings is 1. The van der Waals surface area contributed by atoms with Crippen molar-refractivity contribution in [3.8, 4) is 6.07 Å². The Bertz CT molecular complexity index is 764. The topological polar surface area (TPSA) is 102 Å². The third-order valence-corrected chi connectivity index (χ3v) is 4.90. The van der Waals surface area contributed by atoms with Gasteiger partial charge >= 0.3 is 0 Å². The van der Waals surface area contributed by atoms with Gasteiger partial charge in [-0.15, -0.1) is 0 Å². The van der Waals surface area contributed by atoms with Crippen LogP contribution in [0.1, 0.15) is 5.56 Å². The lowest BCUT2D eigenvalue weighted by molar-refractivity contribution is -0.133. The number of amides is 2. The predicted octanol–water partition coefficient (Wildman–Crippen LogP) is -0.375. The van der Waals surface area contributed by atoms with Crippen molar-refractivity contribution in [1.29, 1.82) is 5.26 Å². The zero-order valence-corrected chi connectivity index (χ0v) is 14.1. The molecule has 0 aliphatic carbocycles. The zero-order chi connectivity index (χ0) is 17.7. The molecule has 0 atom stereocenters. The Kier molecular flexibility index (Phi) is 5.41. The number of carbonyl (C=O) groups excluding carboxylic acids is 2. The Balaban J connectivity index is 2.17. The summed E-state index contributed by atoms with van der Waals surface area (Å²) in [7, 11) is -3.68. The molecule has 1 aromatic carbocycles. The second-order valence-corrected chi connectivity index (χ2v) is 7.36. The molecule has 128 valence electrons. The van der Waals surface area contributed by atoms with E-state index in [1.807, 2.05) is 6.07 Å². The van der Waals surface area contributed by atoms with Gasteiger partial charge in [-0.25, -0.2) is 8.42 Å². The monoisotopic (exact) mass is 350 g/mol. The third-order valence-electron chi connectivity index (χ3n) is 3.76. The Morgan fingerprint density at radius 2 is 2.00 bits per heavy atom. The molecular formula is C15H18N4O4S. The summed E-state index contributed by atoms with van der Waals surface area (Å²) in [5, 5.41) is 8.95. The largest absolute Gasteiger partial charge is 0.342 e. The molecule has 1 saturated heterocycles. The maximum absolute atomic E-state index is 12.4. The molecule has 0 spiro atoms. The van der Waals surface area contributed by atoms with Gasteiger partial charge in [-0.05, 0) is 18.2 Å². The number of sulfonamides is 1. The van der Waals surface area contributed by atoms with Gasteiger partial charge in [-0.3, -0.25) is 13.9 Å². The van der Waals surface area contributed by atoms with Crippen LogP contribution in [-0.2, 0) is 19.6 Å². The van der Waals surface area contributed by atoms with Crippen molar-refractivity contribution >= 4 is 28.0 Å². The van der Waals surface area contributed by atoms with Crippen LogP contribution in [-0.4, -0.2) is 69.5 Å². The third kappa shape index (κ3) is 4.23. The molecule has 9 heteroatoms. The van der Waals surface area contributed by atoms with Crippen molar-refractivity contribution in [2.75, 3.05) is 43.3 Å². The molecule has 1 aliphatic heterocycles. The molecule has 1 aromatic rings. The summed E-state index contributed by atoms with van der Waals surface area (Å²) in [6.45, 7) is 1.26. The van der Waals surface area contributed by atoms with E-state index >= 15 is 0 Å². The van der Waals surface area contributed by atoms with Gasteiger partial charge in [0.15, 0.2) is 0 Å². The Labute approximate surface area is 140 Å². The van der Waals surface area contributed by atoms with E-state index in [4.69, 9.17) is 5.26 Å². The van der Waals surface area contributed by atoms with Gasteiger partial charge in [0.25, 0.3) is 0 Å². The highest BCUT2D eigenvalue weighted by Crippen LogP contribution is 2.19. The van der Waals surface area contributed by atoms with Crippen molar-refractivity contribution in [2.24, 2.45) is 0 Å². The smallest absolute Gasteiger partial charge is 0.243 e. The van der Waals surface area contributed by atoms with Crippen LogP contribution >= 0.6 is 0 Å². The molecule has 1 fully saturated rings. The average Bonchev–Trinajstić information content (AvgIpc) is 2.58. The molecule has 0 N–H and O–H groups in total. The lowest BCUT2D eigenvalue weighted by Crippen LogP contribution is -2.51. The maximum Gasteiger partial charge on any atom is 0.243 e. The van der Waals surface area contributed by atoms with Crippen molar-refractivity contribution in [2.45, 2.75) is 0 Å². The predicted molar refractivity (Wildman–Crippen MR) is 87.6 cm³/mol. The Morgan fingerprint density at radius 1 is 1.33 bits per heavy atom. The number of piperazine rings is 1. The molecule has 2 amide bonds. The minimum absolute atomic E-state index is 0.274. The van der Waals surface area contributed by atoms with Crippen molar-refractivity contribution in [3.63, 3.8) is 0 Å². The molecule has 0 unspecified atom stereocenters. The van der Waals surface area contributed by atoms with Crippen LogP contribution < -0.4 is 4.31 Å². The van der Waals surface area contributed by atoms with E-state index in [1.165, 1.54) is 11.0 Å². The van der Waals surface area contributed by atoms with E-state index in [0.717, 1.165) is 17.0 Å². The average molecular weight is 350 g/mol. The van der Waals surface area contributed by atoms with Crippen LogP contribution in [0.25, 0.3) is 0 Å². The van der Waals surface area contributed by atoms with Gasteiger partial charge in [0.05, 0.1) is 23.6 Å². The van der Waals surface area contributed by atoms with E-state index in [0.29, 0.717) is 31.7 Å². The number of nitriles is 1. The molecule has 1 aliphatic rings. The standard InChI is InChI=1S/C15H18N4O4S/c1-24(22,23)19(14-4-2-3-13(9-14)10-16)11-15(21)18-7-5-17(12-20)6-8-18/h2-4,9,12H,5-8,11H2,1H3. The van der Waals surface area contributed by atoms with Crippen molar-refractivity contribution in [1.82, 2.24) is 9.80 Å². The summed E-state index contributed by atoms with van der Waals surface area (Å²) in [6, 6.07) is 8.05. The summed E-state index contributed by atoms with van der Waals surface area (Å²) in [6.07, 6.45) is 1.75. The molecule has 24 heavy (non-hydrogen) atoms. The van der Waals surface area contributed by atoms with Crippen LogP contribution in [0.5, 0.6) is 0 Å². The highest BCUT2D eigenvalue weighted by Gasteiger charge is 2.26. The summed E-state index contributed by atoms with van der Waals surface area (Å²) in [5.41, 5.74) is 0.588. The summed E-state index contributed by atoms with van der Waals surface area (Å²) in [5.74, 6) is -0.340. The molecule has 2 rings (SSSR count). The van der Waals surface area contributed by atoms with Gasteiger partial charge in [0.1, 0.15) is 6.54 Å². The van der Waals surface area contributed by atoms with Crippen molar-refractivity contribution < 1.29 is 18.0 Å². The van der Waals surface area contributed by atoms with Gasteiger partial charge in [0, 0.05) is 26.2 Å². The highest BCUT2D eigenvalue weighted by atomic mass is 32.2. The molecular weight excluding hydrogens is 332 g/mol. The van der Waals surface area contributed by atoms with Crippen LogP contribution in [0.15, 0.2) is 24.3 Å². The molecule has 0 bridgehead atoms. The molecule has 8 nitrogen and oxygen atoms in total. The molecule has 0 saturated carbocycles. The lowest BCUT2D eigenvalue weighted by atomic mass is 10.2. The number of hydrogen-bond acceptors (Lipinski definition) is 5. The Morgan fingerprint density at radius 3 is 2.54 bits per heavy atom. The van der Waals surface area contributed by atoms with E-state index in [1.54, 1.807) is 23.1 Å². The fourth-order valence-electron chi connectivity index (χ4n) is 2.43. The minimum Gasteiger partial charge on any atom is -0.342 e.